The Kier molecular flexibility index (Phi) is 9.41. The minimum Gasteiger partial charge on any atom is -0.372 e. The summed E-state index contributed by atoms with van der Waals surface area (Å²) in [7, 11) is 0. The lowest BCUT2D eigenvalue weighted by atomic mass is 9.95. The molecule has 2 aromatic carbocycles. The lowest BCUT2D eigenvalue weighted by Crippen LogP contribution is -2.21. The number of anilines is 1. The summed E-state index contributed by atoms with van der Waals surface area (Å²) in [6.07, 6.45) is 7.50. The molecule has 1 aliphatic rings. The van der Waals surface area contributed by atoms with Crippen molar-refractivity contribution in [3.05, 3.63) is 59.1 Å². The third kappa shape index (κ3) is 6.68. The van der Waals surface area contributed by atoms with Crippen molar-refractivity contribution in [2.24, 2.45) is 5.10 Å². The molecular weight excluding hydrogens is 492 g/mol. The summed E-state index contributed by atoms with van der Waals surface area (Å²) in [4.78, 5) is 14.8. The van der Waals surface area contributed by atoms with E-state index < -0.39 is 0 Å². The highest BCUT2D eigenvalue weighted by molar-refractivity contribution is 7.99. The molecule has 0 atom stereocenters. The van der Waals surface area contributed by atoms with Gasteiger partial charge in [-0.25, -0.2) is 5.43 Å². The second kappa shape index (κ2) is 12.9. The summed E-state index contributed by atoms with van der Waals surface area (Å²) in [6.45, 7) is 6.21. The third-order valence-electron chi connectivity index (χ3n) is 6.46. The van der Waals surface area contributed by atoms with Crippen molar-refractivity contribution in [3.63, 3.8) is 0 Å². The number of carbonyl (C=O) groups excluding carboxylic acids is 1. The molecule has 1 amide bonds. The van der Waals surface area contributed by atoms with E-state index in [1.807, 2.05) is 36.4 Å². The first-order valence-corrected chi connectivity index (χ1v) is 14.0. The zero-order chi connectivity index (χ0) is 25.3. The number of benzene rings is 2. The standard InChI is InChI=1S/C27H33ClN6OS/c1-3-33(4-2)23-16-10-20(11-17-23)18-29-30-25(35)19-36-27-32-31-26(21-12-14-22(28)15-13-21)34(27)24-8-6-5-7-9-24/h10-18,24H,3-9,19H2,1-2H3,(H,30,35)/b29-18+. The fraction of sp³-hybridized carbons (Fsp3) is 0.407. The van der Waals surface area contributed by atoms with Gasteiger partial charge in [-0.1, -0.05) is 54.8 Å². The molecule has 1 fully saturated rings. The number of aromatic nitrogens is 3. The van der Waals surface area contributed by atoms with E-state index in [4.69, 9.17) is 11.6 Å². The Morgan fingerprint density at radius 2 is 1.78 bits per heavy atom. The fourth-order valence-electron chi connectivity index (χ4n) is 4.54. The molecular formula is C27H33ClN6OS. The van der Waals surface area contributed by atoms with Crippen molar-refractivity contribution in [2.75, 3.05) is 23.7 Å². The molecule has 1 saturated carbocycles. The number of hydrazone groups is 1. The Morgan fingerprint density at radius 1 is 1.08 bits per heavy atom. The van der Waals surface area contributed by atoms with E-state index in [1.165, 1.54) is 36.7 Å². The van der Waals surface area contributed by atoms with Crippen LogP contribution in [0.4, 0.5) is 5.69 Å². The minimum atomic E-state index is -0.178. The maximum Gasteiger partial charge on any atom is 0.250 e. The first-order chi connectivity index (χ1) is 17.6. The van der Waals surface area contributed by atoms with Gasteiger partial charge >= 0.3 is 0 Å². The molecule has 9 heteroatoms. The van der Waals surface area contributed by atoms with Crippen LogP contribution >= 0.6 is 23.4 Å². The van der Waals surface area contributed by atoms with E-state index in [1.54, 1.807) is 6.21 Å². The van der Waals surface area contributed by atoms with Gasteiger partial charge in [-0.15, -0.1) is 10.2 Å². The molecule has 0 aliphatic heterocycles. The SMILES string of the molecule is CCN(CC)c1ccc(/C=N/NC(=O)CSc2nnc(-c3ccc(Cl)cc3)n2C2CCCCC2)cc1. The van der Waals surface area contributed by atoms with Gasteiger partial charge in [0.2, 0.25) is 0 Å². The number of nitrogens with zero attached hydrogens (tertiary/aromatic N) is 5. The fourth-order valence-corrected chi connectivity index (χ4v) is 5.46. The van der Waals surface area contributed by atoms with E-state index in [9.17, 15) is 4.79 Å². The van der Waals surface area contributed by atoms with Crippen LogP contribution in [0.3, 0.4) is 0 Å². The van der Waals surface area contributed by atoms with Crippen LogP contribution in [0.1, 0.15) is 57.6 Å². The predicted octanol–water partition coefficient (Wildman–Crippen LogP) is 6.19. The molecule has 1 aromatic heterocycles. The number of hydrogen-bond donors (Lipinski definition) is 1. The van der Waals surface area contributed by atoms with Crippen LogP contribution in [-0.4, -0.2) is 45.7 Å². The van der Waals surface area contributed by atoms with Crippen LogP contribution in [-0.2, 0) is 4.79 Å². The largest absolute Gasteiger partial charge is 0.372 e. The summed E-state index contributed by atoms with van der Waals surface area (Å²) < 4.78 is 2.21. The summed E-state index contributed by atoms with van der Waals surface area (Å²) in [5, 5.41) is 14.5. The van der Waals surface area contributed by atoms with Crippen molar-refractivity contribution < 1.29 is 4.79 Å². The van der Waals surface area contributed by atoms with Crippen molar-refractivity contribution in [1.29, 1.82) is 0 Å². The molecule has 1 aliphatic carbocycles. The van der Waals surface area contributed by atoms with Gasteiger partial charge in [0.25, 0.3) is 5.91 Å². The van der Waals surface area contributed by atoms with Gasteiger partial charge in [0.1, 0.15) is 0 Å². The highest BCUT2D eigenvalue weighted by atomic mass is 35.5. The average Bonchev–Trinajstić information content (AvgIpc) is 3.34. The van der Waals surface area contributed by atoms with Crippen LogP contribution < -0.4 is 10.3 Å². The molecule has 4 rings (SSSR count). The third-order valence-corrected chi connectivity index (χ3v) is 7.66. The maximum absolute atomic E-state index is 12.5. The van der Waals surface area contributed by atoms with Crippen molar-refractivity contribution in [1.82, 2.24) is 20.2 Å². The maximum atomic E-state index is 12.5. The Hall–Kier alpha value is -2.84. The number of amides is 1. The van der Waals surface area contributed by atoms with Crippen molar-refractivity contribution >= 4 is 41.2 Å². The van der Waals surface area contributed by atoms with Crippen molar-refractivity contribution in [2.45, 2.75) is 57.1 Å². The van der Waals surface area contributed by atoms with E-state index in [0.29, 0.717) is 11.1 Å². The van der Waals surface area contributed by atoms with Gasteiger partial charge in [0, 0.05) is 35.4 Å². The second-order valence-corrected chi connectivity index (χ2v) is 10.2. The Balaban J connectivity index is 1.39. The Labute approximate surface area is 222 Å². The highest BCUT2D eigenvalue weighted by Gasteiger charge is 2.24. The topological polar surface area (TPSA) is 75.4 Å². The molecule has 190 valence electrons. The summed E-state index contributed by atoms with van der Waals surface area (Å²) >= 11 is 7.48. The molecule has 1 heterocycles. The second-order valence-electron chi connectivity index (χ2n) is 8.82. The number of rotatable bonds is 10. The van der Waals surface area contributed by atoms with Gasteiger partial charge in [-0.2, -0.15) is 5.10 Å². The number of hydrogen-bond acceptors (Lipinski definition) is 6. The summed E-state index contributed by atoms with van der Waals surface area (Å²) in [6, 6.07) is 16.2. The molecule has 0 unspecified atom stereocenters. The van der Waals surface area contributed by atoms with E-state index in [-0.39, 0.29) is 11.7 Å². The zero-order valence-corrected chi connectivity index (χ0v) is 22.4. The normalized spacial score (nSPS) is 14.3. The zero-order valence-electron chi connectivity index (χ0n) is 20.9. The van der Waals surface area contributed by atoms with E-state index >= 15 is 0 Å². The smallest absolute Gasteiger partial charge is 0.250 e. The monoisotopic (exact) mass is 524 g/mol. The quantitative estimate of drug-likeness (QED) is 0.194. The molecule has 1 N–H and O–H groups in total. The lowest BCUT2D eigenvalue weighted by molar-refractivity contribution is -0.118. The van der Waals surface area contributed by atoms with Crippen LogP contribution in [0.5, 0.6) is 0 Å². The first-order valence-electron chi connectivity index (χ1n) is 12.6. The van der Waals surface area contributed by atoms with Crippen molar-refractivity contribution in [3.8, 4) is 11.4 Å². The van der Waals surface area contributed by atoms with Crippen LogP contribution in [0, 0.1) is 0 Å². The highest BCUT2D eigenvalue weighted by Crippen LogP contribution is 2.35. The molecule has 3 aromatic rings. The van der Waals surface area contributed by atoms with Gasteiger partial charge in [-0.05, 0) is 68.7 Å². The van der Waals surface area contributed by atoms with Crippen LogP contribution in [0.25, 0.3) is 11.4 Å². The van der Waals surface area contributed by atoms with Gasteiger partial charge in [0.05, 0.1) is 12.0 Å². The molecule has 0 saturated heterocycles. The van der Waals surface area contributed by atoms with Crippen LogP contribution in [0.2, 0.25) is 5.02 Å². The van der Waals surface area contributed by atoms with Gasteiger partial charge in [0.15, 0.2) is 11.0 Å². The average molecular weight is 525 g/mol. The lowest BCUT2D eigenvalue weighted by Gasteiger charge is -2.25. The Morgan fingerprint density at radius 3 is 2.44 bits per heavy atom. The Bertz CT molecular complexity index is 1150. The number of halogens is 1. The van der Waals surface area contributed by atoms with E-state index in [0.717, 1.165) is 48.0 Å². The van der Waals surface area contributed by atoms with Gasteiger partial charge in [-0.3, -0.25) is 9.36 Å². The molecule has 0 radical (unpaired) electrons. The predicted molar refractivity (Wildman–Crippen MR) is 149 cm³/mol. The number of carbonyl (C=O) groups is 1. The molecule has 0 spiro atoms. The number of nitrogens with one attached hydrogen (secondary N) is 1. The minimum absolute atomic E-state index is 0.178. The summed E-state index contributed by atoms with van der Waals surface area (Å²) in [5.41, 5.74) is 5.72. The first kappa shape index (κ1) is 26.2. The number of thioether (sulfide) groups is 1. The molecule has 36 heavy (non-hydrogen) atoms. The van der Waals surface area contributed by atoms with E-state index in [2.05, 4.69) is 56.2 Å². The van der Waals surface area contributed by atoms with Crippen LogP contribution in [0.15, 0.2) is 58.8 Å². The summed E-state index contributed by atoms with van der Waals surface area (Å²) in [5.74, 6) is 0.860. The van der Waals surface area contributed by atoms with Gasteiger partial charge < -0.3 is 4.90 Å². The molecule has 7 nitrogen and oxygen atoms in total. The molecule has 0 bridgehead atoms.